The predicted molar refractivity (Wildman–Crippen MR) is 112 cm³/mol. The molecule has 0 radical (unpaired) electrons. The summed E-state index contributed by atoms with van der Waals surface area (Å²) in [4.78, 5) is 30.3. The maximum absolute atomic E-state index is 13.4. The minimum absolute atomic E-state index is 0.00293. The topological polar surface area (TPSA) is 80.6 Å². The zero-order valence-electron chi connectivity index (χ0n) is 18.1. The van der Waals surface area contributed by atoms with Gasteiger partial charge in [-0.05, 0) is 19.4 Å². The number of aryl methyl sites for hydroxylation is 2. The molecule has 31 heavy (non-hydrogen) atoms. The van der Waals surface area contributed by atoms with Gasteiger partial charge in [0.05, 0.1) is 31.0 Å². The molecule has 3 aliphatic heterocycles. The second-order valence-corrected chi connectivity index (χ2v) is 8.81. The fourth-order valence-electron chi connectivity index (χ4n) is 5.23. The summed E-state index contributed by atoms with van der Waals surface area (Å²) in [6.45, 7) is 6.14. The van der Waals surface area contributed by atoms with E-state index in [0.717, 1.165) is 23.5 Å². The van der Waals surface area contributed by atoms with E-state index in [2.05, 4.69) is 16.3 Å². The molecule has 2 bridgehead atoms. The van der Waals surface area contributed by atoms with Crippen molar-refractivity contribution in [2.24, 2.45) is 11.8 Å². The summed E-state index contributed by atoms with van der Waals surface area (Å²) >= 11 is 0. The molecular formula is C23H27N5O3. The lowest BCUT2D eigenvalue weighted by molar-refractivity contribution is -0.143. The maximum Gasteiger partial charge on any atom is 0.230 e. The van der Waals surface area contributed by atoms with Crippen LogP contribution in [0.15, 0.2) is 42.7 Å². The highest BCUT2D eigenvalue weighted by Crippen LogP contribution is 2.52. The van der Waals surface area contributed by atoms with E-state index in [4.69, 9.17) is 4.74 Å². The van der Waals surface area contributed by atoms with Gasteiger partial charge in [0.2, 0.25) is 11.8 Å². The van der Waals surface area contributed by atoms with E-state index in [-0.39, 0.29) is 17.9 Å². The molecule has 5 rings (SSSR count). The summed E-state index contributed by atoms with van der Waals surface area (Å²) < 4.78 is 8.17. The standard InChI is InChI=1S/C23H27N5O3/c1-4-27-14-24-25-18(27)12-26(3)21(29)19-17-8-9-23(31-17)13-28(22(30)20(19)23)11-16-7-5-6-15(2)10-16/h5-10,14,17,19-20H,4,11-13H2,1-3H3. The Balaban J connectivity index is 1.36. The van der Waals surface area contributed by atoms with Gasteiger partial charge in [0.1, 0.15) is 11.9 Å². The smallest absolute Gasteiger partial charge is 0.230 e. The first kappa shape index (κ1) is 19.9. The summed E-state index contributed by atoms with van der Waals surface area (Å²) in [7, 11) is 1.75. The molecule has 0 N–H and O–H groups in total. The van der Waals surface area contributed by atoms with E-state index >= 15 is 0 Å². The van der Waals surface area contributed by atoms with Crippen molar-refractivity contribution in [1.82, 2.24) is 24.6 Å². The lowest BCUT2D eigenvalue weighted by atomic mass is 9.76. The molecule has 2 saturated heterocycles. The predicted octanol–water partition coefficient (Wildman–Crippen LogP) is 1.55. The summed E-state index contributed by atoms with van der Waals surface area (Å²) in [5.74, 6) is -0.352. The van der Waals surface area contributed by atoms with E-state index in [1.807, 2.05) is 53.7 Å². The first-order valence-electron chi connectivity index (χ1n) is 10.7. The van der Waals surface area contributed by atoms with Gasteiger partial charge in [0.15, 0.2) is 5.82 Å². The number of fused-ring (bicyclic) bond motifs is 1. The zero-order chi connectivity index (χ0) is 21.8. The number of benzene rings is 1. The molecule has 162 valence electrons. The van der Waals surface area contributed by atoms with Crippen molar-refractivity contribution in [2.45, 2.75) is 45.2 Å². The molecule has 3 aliphatic rings. The normalized spacial score (nSPS) is 28.4. The number of carbonyl (C=O) groups excluding carboxylic acids is 2. The van der Waals surface area contributed by atoms with Gasteiger partial charge in [0, 0.05) is 20.1 Å². The molecule has 8 heteroatoms. The molecule has 2 aromatic rings. The molecule has 2 fully saturated rings. The van der Waals surface area contributed by atoms with E-state index < -0.39 is 17.4 Å². The number of hydrogen-bond donors (Lipinski definition) is 0. The van der Waals surface area contributed by atoms with E-state index in [0.29, 0.717) is 19.6 Å². The Kier molecular flexibility index (Phi) is 4.69. The van der Waals surface area contributed by atoms with Gasteiger partial charge in [-0.15, -0.1) is 10.2 Å². The molecule has 0 saturated carbocycles. The SMILES string of the molecule is CCn1cnnc1CN(C)C(=O)C1C2C=CC3(CN(Cc4cccc(C)c4)C(=O)C13)O2. The van der Waals surface area contributed by atoms with Gasteiger partial charge < -0.3 is 19.1 Å². The Morgan fingerprint density at radius 3 is 3.00 bits per heavy atom. The first-order valence-corrected chi connectivity index (χ1v) is 10.7. The van der Waals surface area contributed by atoms with Gasteiger partial charge in [0.25, 0.3) is 0 Å². The molecule has 2 amide bonds. The maximum atomic E-state index is 13.4. The van der Waals surface area contributed by atoms with Crippen molar-refractivity contribution in [3.8, 4) is 0 Å². The van der Waals surface area contributed by atoms with Crippen LogP contribution in [-0.2, 0) is 34.0 Å². The van der Waals surface area contributed by atoms with Crippen molar-refractivity contribution >= 4 is 11.8 Å². The third-order valence-electron chi connectivity index (χ3n) is 6.71. The molecule has 8 nitrogen and oxygen atoms in total. The number of nitrogens with zero attached hydrogens (tertiary/aromatic N) is 5. The molecule has 1 spiro atoms. The van der Waals surface area contributed by atoms with Crippen LogP contribution in [0.2, 0.25) is 0 Å². The summed E-state index contributed by atoms with van der Waals surface area (Å²) in [5, 5.41) is 8.07. The Bertz CT molecular complexity index is 1060. The minimum atomic E-state index is -0.698. The van der Waals surface area contributed by atoms with Crippen LogP contribution in [0.5, 0.6) is 0 Å². The Hall–Kier alpha value is -3.00. The summed E-state index contributed by atoms with van der Waals surface area (Å²) in [6, 6.07) is 8.16. The van der Waals surface area contributed by atoms with Crippen LogP contribution >= 0.6 is 0 Å². The number of rotatable bonds is 6. The second kappa shape index (κ2) is 7.30. The van der Waals surface area contributed by atoms with E-state index in [9.17, 15) is 9.59 Å². The zero-order valence-corrected chi connectivity index (χ0v) is 18.1. The van der Waals surface area contributed by atoms with Gasteiger partial charge in [-0.2, -0.15) is 0 Å². The highest BCUT2D eigenvalue weighted by molar-refractivity contribution is 5.93. The molecule has 1 aromatic heterocycles. The molecule has 1 aromatic carbocycles. The molecule has 4 atom stereocenters. The fraction of sp³-hybridized carbons (Fsp3) is 0.478. The van der Waals surface area contributed by atoms with Crippen LogP contribution < -0.4 is 0 Å². The lowest BCUT2D eigenvalue weighted by Crippen LogP contribution is -2.44. The van der Waals surface area contributed by atoms with Crippen LogP contribution in [0.25, 0.3) is 0 Å². The number of amides is 2. The average Bonchev–Trinajstić information content (AvgIpc) is 3.49. The molecule has 0 aliphatic carbocycles. The average molecular weight is 422 g/mol. The van der Waals surface area contributed by atoms with Crippen molar-refractivity contribution in [1.29, 1.82) is 0 Å². The molecule has 4 heterocycles. The largest absolute Gasteiger partial charge is 0.360 e. The first-order chi connectivity index (χ1) is 14.9. The van der Waals surface area contributed by atoms with E-state index in [1.165, 1.54) is 0 Å². The lowest BCUT2D eigenvalue weighted by Gasteiger charge is -2.27. The number of aromatic nitrogens is 3. The quantitative estimate of drug-likeness (QED) is 0.661. The molecule has 4 unspecified atom stereocenters. The highest BCUT2D eigenvalue weighted by atomic mass is 16.5. The van der Waals surface area contributed by atoms with Crippen molar-refractivity contribution in [3.63, 3.8) is 0 Å². The number of ether oxygens (including phenoxy) is 1. The fourth-order valence-corrected chi connectivity index (χ4v) is 5.23. The second-order valence-electron chi connectivity index (χ2n) is 8.81. The number of likely N-dealkylation sites (tertiary alicyclic amines) is 1. The van der Waals surface area contributed by atoms with Gasteiger partial charge in [-0.25, -0.2) is 0 Å². The third kappa shape index (κ3) is 3.17. The van der Waals surface area contributed by atoms with E-state index in [1.54, 1.807) is 18.3 Å². The van der Waals surface area contributed by atoms with Crippen molar-refractivity contribution in [3.05, 3.63) is 59.7 Å². The van der Waals surface area contributed by atoms with Crippen LogP contribution in [-0.4, -0.2) is 61.7 Å². The third-order valence-corrected chi connectivity index (χ3v) is 6.71. The Morgan fingerprint density at radius 1 is 1.39 bits per heavy atom. The van der Waals surface area contributed by atoms with Gasteiger partial charge in [-0.3, -0.25) is 9.59 Å². The van der Waals surface area contributed by atoms with Gasteiger partial charge >= 0.3 is 0 Å². The van der Waals surface area contributed by atoms with Crippen LogP contribution in [0.4, 0.5) is 0 Å². The molecular weight excluding hydrogens is 394 g/mol. The minimum Gasteiger partial charge on any atom is -0.360 e. The Labute approximate surface area is 181 Å². The van der Waals surface area contributed by atoms with Gasteiger partial charge in [-0.1, -0.05) is 42.0 Å². The monoisotopic (exact) mass is 421 g/mol. The highest BCUT2D eigenvalue weighted by Gasteiger charge is 2.67. The number of hydrogen-bond acceptors (Lipinski definition) is 5. The number of carbonyl (C=O) groups is 2. The summed E-state index contributed by atoms with van der Waals surface area (Å²) in [6.07, 6.45) is 5.25. The van der Waals surface area contributed by atoms with Crippen LogP contribution in [0.1, 0.15) is 23.9 Å². The van der Waals surface area contributed by atoms with Crippen LogP contribution in [0.3, 0.4) is 0 Å². The summed E-state index contributed by atoms with van der Waals surface area (Å²) in [5.41, 5.74) is 1.55. The van der Waals surface area contributed by atoms with Crippen molar-refractivity contribution < 1.29 is 14.3 Å². The Morgan fingerprint density at radius 2 is 2.23 bits per heavy atom. The van der Waals surface area contributed by atoms with Crippen LogP contribution in [0, 0.1) is 18.8 Å². The van der Waals surface area contributed by atoms with Crippen molar-refractivity contribution in [2.75, 3.05) is 13.6 Å².